The lowest BCUT2D eigenvalue weighted by molar-refractivity contribution is 0.102. The molecule has 0 fully saturated rings. The molecule has 4 aromatic rings. The maximum Gasteiger partial charge on any atom is 0.275 e. The number of nitrogens with one attached hydrogen (secondary N) is 1. The number of para-hydroxylation sites is 1. The first-order chi connectivity index (χ1) is 14.2. The number of ether oxygens (including phenoxy) is 2. The van der Waals surface area contributed by atoms with Gasteiger partial charge in [0.15, 0.2) is 11.5 Å². The third-order valence-electron chi connectivity index (χ3n) is 4.33. The first kappa shape index (κ1) is 19.2. The Morgan fingerprint density at radius 3 is 2.55 bits per heavy atom. The van der Waals surface area contributed by atoms with E-state index in [0.29, 0.717) is 17.2 Å². The third-order valence-corrected chi connectivity index (χ3v) is 6.12. The molecule has 2 heterocycles. The van der Waals surface area contributed by atoms with Crippen molar-refractivity contribution in [1.29, 1.82) is 0 Å². The molecule has 4 rings (SSSR count). The summed E-state index contributed by atoms with van der Waals surface area (Å²) in [5.41, 5.74) is 3.00. The van der Waals surface area contributed by atoms with Gasteiger partial charge in [-0.1, -0.05) is 24.3 Å². The molecule has 0 radical (unpaired) electrons. The molecule has 0 unspecified atom stereocenters. The normalized spacial score (nSPS) is 10.6. The number of benzene rings is 2. The van der Waals surface area contributed by atoms with Crippen molar-refractivity contribution in [2.75, 3.05) is 19.5 Å². The molecule has 0 saturated heterocycles. The lowest BCUT2D eigenvalue weighted by atomic mass is 10.1. The number of carbonyl (C=O) groups excluding carboxylic acids is 1. The van der Waals surface area contributed by atoms with Gasteiger partial charge in [0.2, 0.25) is 0 Å². The van der Waals surface area contributed by atoms with Gasteiger partial charge in [-0.2, -0.15) is 0 Å². The lowest BCUT2D eigenvalue weighted by Gasteiger charge is -2.09. The Bertz CT molecular complexity index is 1140. The predicted molar refractivity (Wildman–Crippen MR) is 118 cm³/mol. The number of hydrogen-bond acceptors (Lipinski definition) is 6. The first-order valence-electron chi connectivity index (χ1n) is 8.82. The van der Waals surface area contributed by atoms with E-state index < -0.39 is 0 Å². The Morgan fingerprint density at radius 1 is 0.966 bits per heavy atom. The standard InChI is InChI=1S/C22H18N2O3S2/c1-26-18-10-9-14(12-19(18)27-2)22-24-17(13-29-22)21(25)23-16-7-4-3-6-15(16)20-8-5-11-28-20/h3-13H,1-2H3,(H,23,25). The highest BCUT2D eigenvalue weighted by molar-refractivity contribution is 7.13. The summed E-state index contributed by atoms with van der Waals surface area (Å²) in [6.07, 6.45) is 0. The topological polar surface area (TPSA) is 60.5 Å². The molecule has 1 N–H and O–H groups in total. The van der Waals surface area contributed by atoms with Gasteiger partial charge >= 0.3 is 0 Å². The van der Waals surface area contributed by atoms with Crippen LogP contribution in [0.3, 0.4) is 0 Å². The van der Waals surface area contributed by atoms with Crippen molar-refractivity contribution in [2.45, 2.75) is 0 Å². The molecule has 5 nitrogen and oxygen atoms in total. The molecular weight excluding hydrogens is 404 g/mol. The summed E-state index contributed by atoms with van der Waals surface area (Å²) >= 11 is 3.04. The van der Waals surface area contributed by atoms with Crippen LogP contribution in [-0.2, 0) is 0 Å². The van der Waals surface area contributed by atoms with Crippen molar-refractivity contribution >= 4 is 34.3 Å². The average Bonchev–Trinajstić information content (AvgIpc) is 3.46. The van der Waals surface area contributed by atoms with E-state index in [-0.39, 0.29) is 5.91 Å². The highest BCUT2D eigenvalue weighted by atomic mass is 32.1. The number of anilines is 1. The zero-order valence-corrected chi connectivity index (χ0v) is 17.5. The van der Waals surface area contributed by atoms with E-state index in [4.69, 9.17) is 9.47 Å². The maximum absolute atomic E-state index is 12.8. The molecule has 0 aliphatic carbocycles. The van der Waals surface area contributed by atoms with Crippen molar-refractivity contribution in [1.82, 2.24) is 4.98 Å². The summed E-state index contributed by atoms with van der Waals surface area (Å²) in [4.78, 5) is 18.4. The highest BCUT2D eigenvalue weighted by Crippen LogP contribution is 2.34. The van der Waals surface area contributed by atoms with Crippen molar-refractivity contribution in [3.05, 3.63) is 71.1 Å². The second-order valence-electron chi connectivity index (χ2n) is 6.08. The van der Waals surface area contributed by atoms with Crippen LogP contribution >= 0.6 is 22.7 Å². The van der Waals surface area contributed by atoms with Crippen molar-refractivity contribution < 1.29 is 14.3 Å². The Balaban J connectivity index is 1.57. The second-order valence-corrected chi connectivity index (χ2v) is 7.89. The quantitative estimate of drug-likeness (QED) is 0.426. The van der Waals surface area contributed by atoms with E-state index >= 15 is 0 Å². The van der Waals surface area contributed by atoms with Crippen LogP contribution in [0.4, 0.5) is 5.69 Å². The Morgan fingerprint density at radius 2 is 1.79 bits per heavy atom. The Kier molecular flexibility index (Phi) is 5.59. The minimum Gasteiger partial charge on any atom is -0.493 e. The highest BCUT2D eigenvalue weighted by Gasteiger charge is 2.15. The molecule has 146 valence electrons. The van der Waals surface area contributed by atoms with Gasteiger partial charge in [0.1, 0.15) is 10.7 Å². The van der Waals surface area contributed by atoms with Gasteiger partial charge < -0.3 is 14.8 Å². The van der Waals surface area contributed by atoms with Gasteiger partial charge in [0.25, 0.3) is 5.91 Å². The van der Waals surface area contributed by atoms with Crippen molar-refractivity contribution in [2.24, 2.45) is 0 Å². The number of rotatable bonds is 6. The smallest absolute Gasteiger partial charge is 0.275 e. The third kappa shape index (κ3) is 4.01. The van der Waals surface area contributed by atoms with E-state index in [2.05, 4.69) is 10.3 Å². The Labute approximate surface area is 176 Å². The molecule has 0 aliphatic rings. The minimum atomic E-state index is -0.239. The van der Waals surface area contributed by atoms with Crippen LogP contribution in [0.1, 0.15) is 10.5 Å². The lowest BCUT2D eigenvalue weighted by Crippen LogP contribution is -2.12. The van der Waals surface area contributed by atoms with Crippen molar-refractivity contribution in [3.63, 3.8) is 0 Å². The molecule has 7 heteroatoms. The average molecular weight is 423 g/mol. The van der Waals surface area contributed by atoms with E-state index in [1.165, 1.54) is 11.3 Å². The van der Waals surface area contributed by atoms with Gasteiger partial charge in [-0.3, -0.25) is 4.79 Å². The molecular formula is C22H18N2O3S2. The van der Waals surface area contributed by atoms with Crippen LogP contribution in [0, 0.1) is 0 Å². The Hall–Kier alpha value is -3.16. The fourth-order valence-electron chi connectivity index (χ4n) is 2.91. The molecule has 29 heavy (non-hydrogen) atoms. The molecule has 0 saturated carbocycles. The zero-order chi connectivity index (χ0) is 20.2. The molecule has 1 amide bonds. The van der Waals surface area contributed by atoms with Crippen LogP contribution < -0.4 is 14.8 Å². The van der Waals surface area contributed by atoms with Gasteiger partial charge in [-0.25, -0.2) is 4.98 Å². The number of amides is 1. The monoisotopic (exact) mass is 422 g/mol. The maximum atomic E-state index is 12.8. The number of carbonyl (C=O) groups is 1. The SMILES string of the molecule is COc1ccc(-c2nc(C(=O)Nc3ccccc3-c3cccs3)cs2)cc1OC. The van der Waals surface area contributed by atoms with Crippen LogP contribution in [0.25, 0.3) is 21.0 Å². The summed E-state index contributed by atoms with van der Waals surface area (Å²) in [5.74, 6) is 1.03. The largest absolute Gasteiger partial charge is 0.493 e. The van der Waals surface area contributed by atoms with Crippen LogP contribution in [0.5, 0.6) is 11.5 Å². The van der Waals surface area contributed by atoms with Crippen LogP contribution in [0.15, 0.2) is 65.4 Å². The summed E-state index contributed by atoms with van der Waals surface area (Å²) < 4.78 is 10.6. The fraction of sp³-hybridized carbons (Fsp3) is 0.0909. The number of thiazole rings is 1. The van der Waals surface area contributed by atoms with Gasteiger partial charge in [0.05, 0.1) is 14.2 Å². The van der Waals surface area contributed by atoms with Gasteiger partial charge in [-0.15, -0.1) is 22.7 Å². The first-order valence-corrected chi connectivity index (χ1v) is 10.6. The van der Waals surface area contributed by atoms with Crippen molar-refractivity contribution in [3.8, 4) is 32.5 Å². The summed E-state index contributed by atoms with van der Waals surface area (Å²) in [6, 6.07) is 17.4. The number of methoxy groups -OCH3 is 2. The van der Waals surface area contributed by atoms with Crippen LogP contribution in [0.2, 0.25) is 0 Å². The predicted octanol–water partition coefficient (Wildman–Crippen LogP) is 5.81. The van der Waals surface area contributed by atoms with Crippen LogP contribution in [-0.4, -0.2) is 25.1 Å². The molecule has 0 atom stereocenters. The zero-order valence-electron chi connectivity index (χ0n) is 15.8. The molecule has 0 bridgehead atoms. The minimum absolute atomic E-state index is 0.239. The van der Waals surface area contributed by atoms with E-state index in [1.54, 1.807) is 30.9 Å². The number of aromatic nitrogens is 1. The summed E-state index contributed by atoms with van der Waals surface area (Å²) in [7, 11) is 3.19. The molecule has 0 aliphatic heterocycles. The fourth-order valence-corrected chi connectivity index (χ4v) is 4.47. The van der Waals surface area contributed by atoms with E-state index in [0.717, 1.165) is 26.7 Å². The molecule has 0 spiro atoms. The van der Waals surface area contributed by atoms with Gasteiger partial charge in [0, 0.05) is 27.1 Å². The van der Waals surface area contributed by atoms with E-state index in [9.17, 15) is 4.79 Å². The number of nitrogens with zero attached hydrogens (tertiary/aromatic N) is 1. The number of thiophene rings is 1. The van der Waals surface area contributed by atoms with Gasteiger partial charge in [-0.05, 0) is 35.7 Å². The second kappa shape index (κ2) is 8.46. The van der Waals surface area contributed by atoms with E-state index in [1.807, 2.05) is 60.0 Å². The molecule has 2 aromatic carbocycles. The summed E-state index contributed by atoms with van der Waals surface area (Å²) in [6.45, 7) is 0. The molecule has 2 aromatic heterocycles. The number of hydrogen-bond donors (Lipinski definition) is 1. The summed E-state index contributed by atoms with van der Waals surface area (Å²) in [5, 5.41) is 7.50.